The molecule has 1 fully saturated rings. The maximum Gasteiger partial charge on any atom is 0.479 e. The van der Waals surface area contributed by atoms with E-state index >= 15 is 0 Å². The Labute approximate surface area is 176 Å². The van der Waals surface area contributed by atoms with Crippen molar-refractivity contribution in [3.63, 3.8) is 0 Å². The number of aliphatic hydroxyl groups is 2. The summed E-state index contributed by atoms with van der Waals surface area (Å²) in [6, 6.07) is 0. The number of hydrogen-bond donors (Lipinski definition) is 7. The Morgan fingerprint density at radius 1 is 1.16 bits per heavy atom. The number of ether oxygens (including phenoxy) is 1. The number of nitrogen functional groups attached to an aromatic ring is 1. The van der Waals surface area contributed by atoms with Gasteiger partial charge in [-0.25, -0.2) is 28.2 Å². The average Bonchev–Trinajstić information content (AvgIpc) is 3.21. The van der Waals surface area contributed by atoms with Crippen molar-refractivity contribution < 1.29 is 61.4 Å². The monoisotopic (exact) mass is 523 g/mol. The molecule has 0 aliphatic carbocycles. The smallest absolute Gasteiger partial charge is 0.387 e. The molecule has 0 amide bonds. The number of imidazole rings is 1. The molecule has 180 valence electrons. The molecule has 7 atom stereocenters. The second-order valence-corrected chi connectivity index (χ2v) is 11.9. The van der Waals surface area contributed by atoms with Crippen molar-refractivity contribution in [1.29, 1.82) is 0 Å². The number of fused-ring (bicyclic) bond motifs is 1. The number of phosphoric ester groups is 1. The van der Waals surface area contributed by atoms with Crippen molar-refractivity contribution in [3.05, 3.63) is 12.7 Å². The molecule has 8 N–H and O–H groups in total. The molecule has 1 aliphatic heterocycles. The minimum Gasteiger partial charge on any atom is -0.387 e. The number of anilines is 1. The Balaban J connectivity index is 1.70. The highest BCUT2D eigenvalue weighted by Crippen LogP contribution is 2.70. The van der Waals surface area contributed by atoms with Gasteiger partial charge in [-0.05, 0) is 0 Å². The molecule has 2 unspecified atom stereocenters. The Kier molecular flexibility index (Phi) is 6.91. The summed E-state index contributed by atoms with van der Waals surface area (Å²) < 4.78 is 62.2. The lowest BCUT2D eigenvalue weighted by molar-refractivity contribution is -0.0502. The predicted octanol–water partition coefficient (Wildman–Crippen LogP) is -1.22. The minimum atomic E-state index is -5.96. The van der Waals surface area contributed by atoms with E-state index in [0.717, 1.165) is 6.33 Å². The van der Waals surface area contributed by atoms with E-state index in [4.69, 9.17) is 20.3 Å². The van der Waals surface area contributed by atoms with Crippen LogP contribution < -0.4 is 5.73 Å². The van der Waals surface area contributed by atoms with Crippen LogP contribution in [-0.2, 0) is 27.3 Å². The normalized spacial score (nSPS) is 29.0. The molecular formula is C11H17FN5O12P3. The van der Waals surface area contributed by atoms with Crippen molar-refractivity contribution in [2.24, 2.45) is 0 Å². The fraction of sp³-hybridized carbons (Fsp3) is 0.545. The van der Waals surface area contributed by atoms with Crippen LogP contribution in [0.3, 0.4) is 0 Å². The van der Waals surface area contributed by atoms with Crippen LogP contribution in [-0.4, -0.2) is 79.9 Å². The van der Waals surface area contributed by atoms with E-state index in [1.165, 1.54) is 10.9 Å². The van der Waals surface area contributed by atoms with Gasteiger partial charge in [-0.1, -0.05) is 0 Å². The number of hydrogen-bond acceptors (Lipinski definition) is 12. The number of aromatic nitrogens is 4. The van der Waals surface area contributed by atoms with Crippen LogP contribution in [0.4, 0.5) is 10.2 Å². The van der Waals surface area contributed by atoms with E-state index in [1.807, 2.05) is 0 Å². The van der Waals surface area contributed by atoms with Gasteiger partial charge in [-0.15, -0.1) is 0 Å². The van der Waals surface area contributed by atoms with Gasteiger partial charge in [0.2, 0.25) is 0 Å². The van der Waals surface area contributed by atoms with Crippen molar-refractivity contribution >= 4 is 40.0 Å². The van der Waals surface area contributed by atoms with Gasteiger partial charge in [-0.2, -0.15) is 0 Å². The Hall–Kier alpha value is -1.39. The standard InChI is InChI=1S/C11H17FN5O12P3/c12-11(30(20,21)22)31(23,24)29-32(25,26)27-1-4-6(18)7(19)10(28-4)17-3-16-5-8(13)14-2-15-9(5)17/h2-4,6-7,10-11,18-19H,1H2,(H,23,24)(H,25,26)(H2,13,14,15)(H2,20,21,22)/t4-,6-,7-,10-,11-/m1/s1. The predicted molar refractivity (Wildman–Crippen MR) is 99.3 cm³/mol. The zero-order chi connectivity index (χ0) is 24.1. The maximum atomic E-state index is 13.4. The highest BCUT2D eigenvalue weighted by atomic mass is 31.3. The third-order valence-electron chi connectivity index (χ3n) is 4.17. The van der Waals surface area contributed by atoms with Crippen LogP contribution in [0.2, 0.25) is 0 Å². The van der Waals surface area contributed by atoms with Gasteiger partial charge in [0.1, 0.15) is 30.2 Å². The summed E-state index contributed by atoms with van der Waals surface area (Å²) in [5.41, 5.74) is 2.14. The molecule has 2 aromatic rings. The lowest BCUT2D eigenvalue weighted by atomic mass is 10.1. The zero-order valence-electron chi connectivity index (χ0n) is 15.5. The summed E-state index contributed by atoms with van der Waals surface area (Å²) in [6.07, 6.45) is -3.92. The lowest BCUT2D eigenvalue weighted by Crippen LogP contribution is -2.33. The number of rotatable bonds is 8. The van der Waals surface area contributed by atoms with Crippen molar-refractivity contribution in [1.82, 2.24) is 19.5 Å². The summed E-state index contributed by atoms with van der Waals surface area (Å²) in [6.45, 7) is -1.03. The van der Waals surface area contributed by atoms with E-state index in [-0.39, 0.29) is 17.0 Å². The Bertz CT molecular complexity index is 1140. The molecule has 3 rings (SSSR count). The van der Waals surface area contributed by atoms with E-state index in [0.29, 0.717) is 0 Å². The van der Waals surface area contributed by atoms with Gasteiger partial charge in [0.05, 0.1) is 12.9 Å². The largest absolute Gasteiger partial charge is 0.479 e. The maximum absolute atomic E-state index is 13.4. The van der Waals surface area contributed by atoms with E-state index in [9.17, 15) is 38.1 Å². The summed E-state index contributed by atoms with van der Waals surface area (Å²) >= 11 is 0. The van der Waals surface area contributed by atoms with Crippen LogP contribution in [0.5, 0.6) is 0 Å². The Morgan fingerprint density at radius 3 is 2.44 bits per heavy atom. The van der Waals surface area contributed by atoms with Crippen LogP contribution >= 0.6 is 23.0 Å². The fourth-order valence-corrected chi connectivity index (χ4v) is 6.64. The summed E-state index contributed by atoms with van der Waals surface area (Å²) in [5, 5.41) is 20.4. The lowest BCUT2D eigenvalue weighted by Gasteiger charge is -2.21. The first-order chi connectivity index (χ1) is 14.6. The van der Waals surface area contributed by atoms with Gasteiger partial charge in [-0.3, -0.25) is 18.2 Å². The van der Waals surface area contributed by atoms with Gasteiger partial charge in [0.25, 0.3) is 5.65 Å². The second-order valence-electron chi connectivity index (χ2n) is 6.44. The van der Waals surface area contributed by atoms with Crippen LogP contribution in [0.1, 0.15) is 6.23 Å². The molecule has 0 saturated carbocycles. The first-order valence-corrected chi connectivity index (χ1v) is 13.1. The third kappa shape index (κ3) is 5.07. The van der Waals surface area contributed by atoms with Gasteiger partial charge < -0.3 is 40.3 Å². The zero-order valence-corrected chi connectivity index (χ0v) is 18.2. The van der Waals surface area contributed by atoms with E-state index in [2.05, 4.69) is 23.8 Å². The molecule has 0 radical (unpaired) electrons. The van der Waals surface area contributed by atoms with Crippen LogP contribution in [0.25, 0.3) is 11.2 Å². The average molecular weight is 523 g/mol. The molecule has 21 heteroatoms. The second kappa shape index (κ2) is 8.76. The van der Waals surface area contributed by atoms with Gasteiger partial charge in [0, 0.05) is 0 Å². The molecule has 0 spiro atoms. The van der Waals surface area contributed by atoms with Crippen molar-refractivity contribution in [3.8, 4) is 0 Å². The highest BCUT2D eigenvalue weighted by molar-refractivity contribution is 7.74. The summed E-state index contributed by atoms with van der Waals surface area (Å²) in [4.78, 5) is 47.6. The highest BCUT2D eigenvalue weighted by Gasteiger charge is 2.51. The molecule has 0 aromatic carbocycles. The topological polar surface area (TPSA) is 270 Å². The minimum absolute atomic E-state index is 0.0231. The molecule has 17 nitrogen and oxygen atoms in total. The number of phosphoric acid groups is 1. The molecule has 0 bridgehead atoms. The number of halogens is 1. The SMILES string of the molecule is Nc1ncnc2c1ncn2[C@@H]1O[C@H](COP(=O)(O)OP(=O)(O)[C@H](F)P(=O)(O)O)[C@@H](O)[C@H]1O. The van der Waals surface area contributed by atoms with Gasteiger partial charge in [0.15, 0.2) is 17.7 Å². The molecule has 32 heavy (non-hydrogen) atoms. The number of nitrogens with two attached hydrogens (primary N) is 1. The molecular weight excluding hydrogens is 506 g/mol. The molecule has 1 aliphatic rings. The molecule has 3 heterocycles. The van der Waals surface area contributed by atoms with Crippen LogP contribution in [0.15, 0.2) is 12.7 Å². The Morgan fingerprint density at radius 2 is 1.81 bits per heavy atom. The molecule has 2 aromatic heterocycles. The van der Waals surface area contributed by atoms with Crippen molar-refractivity contribution in [2.75, 3.05) is 12.3 Å². The number of aliphatic hydroxyl groups excluding tert-OH is 2. The first kappa shape index (κ1) is 25.2. The van der Waals surface area contributed by atoms with E-state index < -0.39 is 59.8 Å². The van der Waals surface area contributed by atoms with Crippen LogP contribution in [0, 0.1) is 0 Å². The summed E-state index contributed by atoms with van der Waals surface area (Å²) in [5.74, 6) is 0.0231. The quantitative estimate of drug-likeness (QED) is 0.200. The first-order valence-electron chi connectivity index (χ1n) is 8.29. The number of nitrogens with zero attached hydrogens (tertiary/aromatic N) is 4. The fourth-order valence-electron chi connectivity index (χ4n) is 2.72. The van der Waals surface area contributed by atoms with Gasteiger partial charge >= 0.3 is 23.0 Å². The number of alkyl halides is 1. The molecule has 1 saturated heterocycles. The van der Waals surface area contributed by atoms with Crippen molar-refractivity contribution in [2.45, 2.75) is 30.2 Å². The summed E-state index contributed by atoms with van der Waals surface area (Å²) in [7, 11) is -17.3. The van der Waals surface area contributed by atoms with E-state index in [1.54, 1.807) is 0 Å². The third-order valence-corrected chi connectivity index (χ3v) is 9.28.